The van der Waals surface area contributed by atoms with Crippen molar-refractivity contribution in [2.24, 2.45) is 5.92 Å². The predicted octanol–water partition coefficient (Wildman–Crippen LogP) is 2.19. The maximum atomic E-state index is 12.4. The van der Waals surface area contributed by atoms with Crippen LogP contribution in [0.2, 0.25) is 0 Å². The van der Waals surface area contributed by atoms with Gasteiger partial charge in [0.05, 0.1) is 11.0 Å². The summed E-state index contributed by atoms with van der Waals surface area (Å²) in [5, 5.41) is 20.2. The zero-order valence-electron chi connectivity index (χ0n) is 12.7. The lowest BCUT2D eigenvalue weighted by molar-refractivity contribution is -0.385. The van der Waals surface area contributed by atoms with E-state index in [-0.39, 0.29) is 17.6 Å². The van der Waals surface area contributed by atoms with Crippen LogP contribution < -0.4 is 0 Å². The maximum absolute atomic E-state index is 12.4. The summed E-state index contributed by atoms with van der Waals surface area (Å²) in [5.41, 5.74) is -0.258. The van der Waals surface area contributed by atoms with Crippen molar-refractivity contribution in [1.29, 1.82) is 0 Å². The second-order valence-corrected chi connectivity index (χ2v) is 5.85. The van der Waals surface area contributed by atoms with Crippen molar-refractivity contribution < 1.29 is 19.6 Å². The van der Waals surface area contributed by atoms with E-state index >= 15 is 0 Å². The third kappa shape index (κ3) is 3.73. The zero-order valence-corrected chi connectivity index (χ0v) is 12.7. The normalized spacial score (nSPS) is 18.0. The molecule has 1 aromatic carbocycles. The Labute approximate surface area is 128 Å². The Bertz CT molecular complexity index is 573. The molecule has 1 saturated heterocycles. The van der Waals surface area contributed by atoms with Gasteiger partial charge < -0.3 is 14.7 Å². The fraction of sp³-hybridized carbons (Fsp3) is 0.533. The molecule has 1 N–H and O–H groups in total. The number of nitro benzene ring substituents is 1. The van der Waals surface area contributed by atoms with Crippen LogP contribution in [0.25, 0.3) is 0 Å². The Morgan fingerprint density at radius 1 is 1.55 bits per heavy atom. The molecule has 0 spiro atoms. The summed E-state index contributed by atoms with van der Waals surface area (Å²) in [5.74, 6) is -0.288. The molecule has 22 heavy (non-hydrogen) atoms. The molecule has 7 heteroatoms. The average Bonchev–Trinajstić information content (AvgIpc) is 2.93. The van der Waals surface area contributed by atoms with Gasteiger partial charge in [-0.25, -0.2) is 0 Å². The third-order valence-corrected chi connectivity index (χ3v) is 3.52. The van der Waals surface area contributed by atoms with E-state index in [1.165, 1.54) is 12.1 Å². The SMILES string of the molecule is CC(C)CO[C@@H]1CCN(C(=O)c2ccc(O)c([N+](=O)[O-])c2)C1. The lowest BCUT2D eigenvalue weighted by Gasteiger charge is -2.17. The largest absolute Gasteiger partial charge is 0.502 e. The van der Waals surface area contributed by atoms with Crippen LogP contribution in [-0.4, -0.2) is 46.6 Å². The summed E-state index contributed by atoms with van der Waals surface area (Å²) in [6.45, 7) is 5.83. The lowest BCUT2D eigenvalue weighted by Crippen LogP contribution is -2.30. The predicted molar refractivity (Wildman–Crippen MR) is 79.9 cm³/mol. The van der Waals surface area contributed by atoms with Crippen molar-refractivity contribution in [3.8, 4) is 5.75 Å². The van der Waals surface area contributed by atoms with E-state index < -0.39 is 16.4 Å². The Morgan fingerprint density at radius 3 is 2.91 bits per heavy atom. The number of hydrogen-bond acceptors (Lipinski definition) is 5. The van der Waals surface area contributed by atoms with Gasteiger partial charge in [0.25, 0.3) is 5.91 Å². The van der Waals surface area contributed by atoms with Crippen molar-refractivity contribution in [2.75, 3.05) is 19.7 Å². The molecule has 1 amide bonds. The first kappa shape index (κ1) is 16.2. The first-order chi connectivity index (χ1) is 10.4. The standard InChI is InChI=1S/C15H20N2O5/c1-10(2)9-22-12-5-6-16(8-12)15(19)11-3-4-14(18)13(7-11)17(20)21/h3-4,7,10,12,18H,5-6,8-9H2,1-2H3/t12-/m1/s1. The van der Waals surface area contributed by atoms with Crippen molar-refractivity contribution >= 4 is 11.6 Å². The number of likely N-dealkylation sites (tertiary alicyclic amines) is 1. The summed E-state index contributed by atoms with van der Waals surface area (Å²) in [6.07, 6.45) is 0.775. The summed E-state index contributed by atoms with van der Waals surface area (Å²) in [4.78, 5) is 24.1. The van der Waals surface area contributed by atoms with Crippen molar-refractivity contribution in [3.05, 3.63) is 33.9 Å². The Balaban J connectivity index is 2.03. The van der Waals surface area contributed by atoms with E-state index in [1.54, 1.807) is 4.90 Å². The van der Waals surface area contributed by atoms with Gasteiger partial charge in [-0.05, 0) is 24.5 Å². The summed E-state index contributed by atoms with van der Waals surface area (Å²) < 4.78 is 5.72. The van der Waals surface area contributed by atoms with Crippen molar-refractivity contribution in [1.82, 2.24) is 4.90 Å². The van der Waals surface area contributed by atoms with Crippen LogP contribution in [0.3, 0.4) is 0 Å². The maximum Gasteiger partial charge on any atom is 0.311 e. The smallest absolute Gasteiger partial charge is 0.311 e. The highest BCUT2D eigenvalue weighted by Crippen LogP contribution is 2.27. The second-order valence-electron chi connectivity index (χ2n) is 5.85. The second kappa shape index (κ2) is 6.74. The monoisotopic (exact) mass is 308 g/mol. The molecule has 1 heterocycles. The number of nitrogens with zero attached hydrogens (tertiary/aromatic N) is 2. The van der Waals surface area contributed by atoms with Gasteiger partial charge in [-0.15, -0.1) is 0 Å². The van der Waals surface area contributed by atoms with Crippen molar-refractivity contribution in [2.45, 2.75) is 26.4 Å². The Hall–Kier alpha value is -2.15. The minimum atomic E-state index is -0.704. The van der Waals surface area contributed by atoms with Crippen molar-refractivity contribution in [3.63, 3.8) is 0 Å². The highest BCUT2D eigenvalue weighted by atomic mass is 16.6. The number of amides is 1. The molecule has 120 valence electrons. The van der Waals surface area contributed by atoms with Crippen LogP contribution in [-0.2, 0) is 4.74 Å². The van der Waals surface area contributed by atoms with Gasteiger partial charge in [0.2, 0.25) is 0 Å². The Kier molecular flexibility index (Phi) is 4.97. The van der Waals surface area contributed by atoms with Crippen LogP contribution in [0.1, 0.15) is 30.6 Å². The highest BCUT2D eigenvalue weighted by Gasteiger charge is 2.28. The minimum absolute atomic E-state index is 0.0125. The van der Waals surface area contributed by atoms with E-state index in [9.17, 15) is 20.0 Å². The summed E-state index contributed by atoms with van der Waals surface area (Å²) in [6, 6.07) is 3.68. The number of phenolic OH excluding ortho intramolecular Hbond substituents is 1. The van der Waals surface area contributed by atoms with Crippen LogP contribution >= 0.6 is 0 Å². The lowest BCUT2D eigenvalue weighted by atomic mass is 10.1. The molecular weight excluding hydrogens is 288 g/mol. The van der Waals surface area contributed by atoms with Crippen LogP contribution in [0, 0.1) is 16.0 Å². The number of nitro groups is 1. The topological polar surface area (TPSA) is 92.9 Å². The molecule has 1 atom stereocenters. The highest BCUT2D eigenvalue weighted by molar-refractivity contribution is 5.95. The third-order valence-electron chi connectivity index (χ3n) is 3.52. The number of benzene rings is 1. The number of carbonyl (C=O) groups is 1. The molecule has 0 unspecified atom stereocenters. The van der Waals surface area contributed by atoms with Gasteiger partial charge in [0, 0.05) is 31.3 Å². The molecule has 0 saturated carbocycles. The molecule has 0 aliphatic carbocycles. The summed E-state index contributed by atoms with van der Waals surface area (Å²) in [7, 11) is 0. The number of aromatic hydroxyl groups is 1. The Morgan fingerprint density at radius 2 is 2.27 bits per heavy atom. The first-order valence-corrected chi connectivity index (χ1v) is 7.26. The summed E-state index contributed by atoms with van der Waals surface area (Å²) >= 11 is 0. The van der Waals surface area contributed by atoms with Gasteiger partial charge in [0.1, 0.15) is 0 Å². The number of phenols is 1. The van der Waals surface area contributed by atoms with Gasteiger partial charge in [-0.1, -0.05) is 13.8 Å². The van der Waals surface area contributed by atoms with E-state index in [2.05, 4.69) is 13.8 Å². The van der Waals surface area contributed by atoms with Gasteiger partial charge in [-0.2, -0.15) is 0 Å². The van der Waals surface area contributed by atoms with E-state index in [4.69, 9.17) is 4.74 Å². The molecule has 7 nitrogen and oxygen atoms in total. The fourth-order valence-electron chi connectivity index (χ4n) is 2.36. The average molecular weight is 308 g/mol. The first-order valence-electron chi connectivity index (χ1n) is 7.26. The molecular formula is C15H20N2O5. The minimum Gasteiger partial charge on any atom is -0.502 e. The number of ether oxygens (including phenoxy) is 1. The molecule has 1 aromatic rings. The molecule has 0 bridgehead atoms. The molecule has 1 aliphatic rings. The molecule has 1 fully saturated rings. The zero-order chi connectivity index (χ0) is 16.3. The van der Waals surface area contributed by atoms with E-state index in [1.807, 2.05) is 0 Å². The van der Waals surface area contributed by atoms with E-state index in [0.717, 1.165) is 12.5 Å². The number of rotatable bonds is 5. The van der Waals surface area contributed by atoms with Crippen LogP contribution in [0.4, 0.5) is 5.69 Å². The molecule has 0 aromatic heterocycles. The molecule has 2 rings (SSSR count). The fourth-order valence-corrected chi connectivity index (χ4v) is 2.36. The van der Waals surface area contributed by atoms with Gasteiger partial charge in [-0.3, -0.25) is 14.9 Å². The van der Waals surface area contributed by atoms with Crippen LogP contribution in [0.5, 0.6) is 5.75 Å². The molecule has 0 radical (unpaired) electrons. The number of carbonyl (C=O) groups excluding carboxylic acids is 1. The number of hydrogen-bond donors (Lipinski definition) is 1. The quantitative estimate of drug-likeness (QED) is 0.665. The van der Waals surface area contributed by atoms with E-state index in [0.29, 0.717) is 25.6 Å². The van der Waals surface area contributed by atoms with Gasteiger partial charge in [0.15, 0.2) is 5.75 Å². The van der Waals surface area contributed by atoms with Gasteiger partial charge >= 0.3 is 5.69 Å². The van der Waals surface area contributed by atoms with Crippen LogP contribution in [0.15, 0.2) is 18.2 Å². The molecule has 1 aliphatic heterocycles.